The first-order chi connectivity index (χ1) is 16.3. The molecule has 0 bridgehead atoms. The lowest BCUT2D eigenvalue weighted by Gasteiger charge is -2.15. The number of furan rings is 1. The Labute approximate surface area is 197 Å². The summed E-state index contributed by atoms with van der Waals surface area (Å²) >= 11 is 0. The minimum atomic E-state index is -0.523. The van der Waals surface area contributed by atoms with E-state index in [1.807, 2.05) is 13.0 Å². The number of benzene rings is 2. The van der Waals surface area contributed by atoms with Crippen LogP contribution in [0.1, 0.15) is 36.3 Å². The molecule has 1 unspecified atom stereocenters. The van der Waals surface area contributed by atoms with Gasteiger partial charge in [0.2, 0.25) is 11.7 Å². The number of carbonyl (C=O) groups is 1. The van der Waals surface area contributed by atoms with Crippen LogP contribution in [-0.2, 0) is 11.3 Å². The zero-order chi connectivity index (χ0) is 24.4. The van der Waals surface area contributed by atoms with E-state index in [0.717, 1.165) is 27.8 Å². The van der Waals surface area contributed by atoms with Crippen molar-refractivity contribution in [2.45, 2.75) is 20.4 Å². The van der Waals surface area contributed by atoms with E-state index in [0.29, 0.717) is 11.3 Å². The molecule has 0 aliphatic heterocycles. The van der Waals surface area contributed by atoms with Gasteiger partial charge in [-0.25, -0.2) is 4.39 Å². The molecule has 4 rings (SSSR count). The highest BCUT2D eigenvalue weighted by Crippen LogP contribution is 2.46. The number of phenolic OH excluding ortho intramolecular Hbond substituents is 1. The van der Waals surface area contributed by atoms with E-state index < -0.39 is 5.92 Å². The van der Waals surface area contributed by atoms with Gasteiger partial charge in [0.25, 0.3) is 0 Å². The highest BCUT2D eigenvalue weighted by molar-refractivity contribution is 6.09. The number of hydrogen-bond donors (Lipinski definition) is 2. The molecule has 3 aromatic rings. The van der Waals surface area contributed by atoms with Gasteiger partial charge < -0.3 is 24.3 Å². The van der Waals surface area contributed by atoms with Crippen LogP contribution < -0.4 is 14.8 Å². The number of amides is 1. The summed E-state index contributed by atoms with van der Waals surface area (Å²) < 4.78 is 30.1. The van der Waals surface area contributed by atoms with E-state index in [9.17, 15) is 14.3 Å². The summed E-state index contributed by atoms with van der Waals surface area (Å²) in [6.45, 7) is 4.00. The van der Waals surface area contributed by atoms with Crippen LogP contribution in [0.2, 0.25) is 0 Å². The van der Waals surface area contributed by atoms with Crippen LogP contribution >= 0.6 is 0 Å². The quantitative estimate of drug-likeness (QED) is 0.489. The van der Waals surface area contributed by atoms with Crippen LogP contribution in [-0.4, -0.2) is 25.2 Å². The van der Waals surface area contributed by atoms with Crippen LogP contribution in [0.4, 0.5) is 4.39 Å². The second-order valence-electron chi connectivity index (χ2n) is 8.08. The number of methoxy groups -OCH3 is 2. The fraction of sp³-hybridized carbons (Fsp3) is 0.222. The standard InChI is InChI=1S/C27H26FNO5/c1-15-21(10-17-11-23(32-3)26(30)24(12-17)33-4)20-8-7-18(28)13-22(20)25(15)16(2)27(31)29-14-19-6-5-9-34-19/h5-13,16,30H,14H2,1-4H3,(H,29,31). The molecule has 2 aromatic carbocycles. The maximum absolute atomic E-state index is 14.2. The minimum Gasteiger partial charge on any atom is -0.502 e. The molecule has 0 spiro atoms. The van der Waals surface area contributed by atoms with Crippen molar-refractivity contribution in [1.82, 2.24) is 5.32 Å². The van der Waals surface area contributed by atoms with Gasteiger partial charge >= 0.3 is 0 Å². The molecular weight excluding hydrogens is 437 g/mol. The summed E-state index contributed by atoms with van der Waals surface area (Å²) in [5.41, 5.74) is 4.72. The molecule has 6 nitrogen and oxygen atoms in total. The first-order valence-corrected chi connectivity index (χ1v) is 10.8. The Morgan fingerprint density at radius 1 is 1.15 bits per heavy atom. The van der Waals surface area contributed by atoms with E-state index >= 15 is 0 Å². The van der Waals surface area contributed by atoms with Gasteiger partial charge in [-0.1, -0.05) is 6.07 Å². The topological polar surface area (TPSA) is 80.9 Å². The fourth-order valence-electron chi connectivity index (χ4n) is 4.30. The van der Waals surface area contributed by atoms with E-state index in [1.165, 1.54) is 26.4 Å². The summed E-state index contributed by atoms with van der Waals surface area (Å²) in [5, 5.41) is 13.1. The summed E-state index contributed by atoms with van der Waals surface area (Å²) in [5.74, 6) is 0.0323. The van der Waals surface area contributed by atoms with E-state index in [4.69, 9.17) is 13.9 Å². The van der Waals surface area contributed by atoms with Crippen molar-refractivity contribution >= 4 is 23.1 Å². The number of ether oxygens (including phenoxy) is 2. The molecule has 34 heavy (non-hydrogen) atoms. The predicted molar refractivity (Wildman–Crippen MR) is 128 cm³/mol. The van der Waals surface area contributed by atoms with Crippen molar-refractivity contribution < 1.29 is 28.2 Å². The summed E-state index contributed by atoms with van der Waals surface area (Å²) in [6.07, 6.45) is 3.47. The number of carbonyl (C=O) groups excluding carboxylic acids is 1. The van der Waals surface area contributed by atoms with Gasteiger partial charge in [0.05, 0.1) is 32.9 Å². The molecule has 1 aliphatic carbocycles. The second-order valence-corrected chi connectivity index (χ2v) is 8.08. The molecule has 176 valence electrons. The molecule has 0 saturated heterocycles. The molecule has 1 aliphatic rings. The van der Waals surface area contributed by atoms with Crippen LogP contribution in [0.3, 0.4) is 0 Å². The third-order valence-electron chi connectivity index (χ3n) is 6.03. The van der Waals surface area contributed by atoms with Gasteiger partial charge in [-0.3, -0.25) is 4.79 Å². The Morgan fingerprint density at radius 3 is 2.47 bits per heavy atom. The molecule has 0 saturated carbocycles. The Balaban J connectivity index is 1.75. The third kappa shape index (κ3) is 4.29. The Kier molecular flexibility index (Phi) is 6.45. The predicted octanol–water partition coefficient (Wildman–Crippen LogP) is 5.42. The molecular formula is C27H26FNO5. The molecule has 1 aromatic heterocycles. The van der Waals surface area contributed by atoms with Crippen molar-refractivity contribution in [1.29, 1.82) is 0 Å². The van der Waals surface area contributed by atoms with Gasteiger partial charge in [-0.2, -0.15) is 0 Å². The minimum absolute atomic E-state index is 0.0872. The van der Waals surface area contributed by atoms with Crippen LogP contribution in [0, 0.1) is 11.7 Å². The molecule has 0 radical (unpaired) electrons. The van der Waals surface area contributed by atoms with E-state index in [-0.39, 0.29) is 35.5 Å². The number of aromatic hydroxyl groups is 1. The summed E-state index contributed by atoms with van der Waals surface area (Å²) in [6, 6.07) is 11.5. The number of rotatable bonds is 7. The maximum Gasteiger partial charge on any atom is 0.227 e. The summed E-state index contributed by atoms with van der Waals surface area (Å²) in [7, 11) is 2.93. The molecule has 1 amide bonds. The van der Waals surface area contributed by atoms with E-state index in [2.05, 4.69) is 5.32 Å². The molecule has 2 N–H and O–H groups in total. The lowest BCUT2D eigenvalue weighted by atomic mass is 9.92. The Hall–Kier alpha value is -4.00. The van der Waals surface area contributed by atoms with Crippen LogP contribution in [0.25, 0.3) is 17.2 Å². The molecule has 0 fully saturated rings. The first kappa shape index (κ1) is 23.2. The molecule has 7 heteroatoms. The molecule has 1 atom stereocenters. The number of hydrogen-bond acceptors (Lipinski definition) is 5. The van der Waals surface area contributed by atoms with Gasteiger partial charge in [-0.05, 0) is 89.7 Å². The van der Waals surface area contributed by atoms with Crippen LogP contribution in [0.15, 0.2) is 58.7 Å². The lowest BCUT2D eigenvalue weighted by Crippen LogP contribution is -2.29. The highest BCUT2D eigenvalue weighted by atomic mass is 19.1. The van der Waals surface area contributed by atoms with Gasteiger partial charge in [0.15, 0.2) is 11.5 Å². The monoisotopic (exact) mass is 463 g/mol. The SMILES string of the molecule is COc1cc(C=C2C(C)=C(C(C)C(=O)NCc3ccco3)c3cc(F)ccc32)cc(OC)c1O. The number of phenols is 1. The van der Waals surface area contributed by atoms with Gasteiger partial charge in [0.1, 0.15) is 11.6 Å². The number of fused-ring (bicyclic) bond motifs is 1. The smallest absolute Gasteiger partial charge is 0.227 e. The van der Waals surface area contributed by atoms with Crippen molar-refractivity contribution in [3.05, 3.63) is 82.6 Å². The first-order valence-electron chi connectivity index (χ1n) is 10.8. The van der Waals surface area contributed by atoms with Gasteiger partial charge in [-0.15, -0.1) is 0 Å². The number of allylic oxidation sites excluding steroid dienone is 2. The highest BCUT2D eigenvalue weighted by Gasteiger charge is 2.31. The number of nitrogens with one attached hydrogen (secondary N) is 1. The van der Waals surface area contributed by atoms with Crippen molar-refractivity contribution in [3.63, 3.8) is 0 Å². The second kappa shape index (κ2) is 9.47. The largest absolute Gasteiger partial charge is 0.502 e. The average molecular weight is 464 g/mol. The lowest BCUT2D eigenvalue weighted by molar-refractivity contribution is -0.123. The van der Waals surface area contributed by atoms with Crippen molar-refractivity contribution in [2.75, 3.05) is 14.2 Å². The number of halogens is 1. The summed E-state index contributed by atoms with van der Waals surface area (Å²) in [4.78, 5) is 13.0. The maximum atomic E-state index is 14.2. The van der Waals surface area contributed by atoms with E-state index in [1.54, 1.807) is 43.5 Å². The van der Waals surface area contributed by atoms with Gasteiger partial charge in [0, 0.05) is 0 Å². The zero-order valence-electron chi connectivity index (χ0n) is 19.4. The normalized spacial score (nSPS) is 14.8. The van der Waals surface area contributed by atoms with Crippen molar-refractivity contribution in [3.8, 4) is 17.2 Å². The Bertz CT molecular complexity index is 1270. The average Bonchev–Trinajstić information content (AvgIpc) is 3.44. The fourth-order valence-corrected chi connectivity index (χ4v) is 4.30. The van der Waals surface area contributed by atoms with Crippen molar-refractivity contribution in [2.24, 2.45) is 5.92 Å². The van der Waals surface area contributed by atoms with Crippen LogP contribution in [0.5, 0.6) is 17.2 Å². The zero-order valence-corrected chi connectivity index (χ0v) is 19.4. The third-order valence-corrected chi connectivity index (χ3v) is 6.03. The molecule has 1 heterocycles. The Morgan fingerprint density at radius 2 is 1.85 bits per heavy atom.